The summed E-state index contributed by atoms with van der Waals surface area (Å²) in [6.45, 7) is 5.64. The number of aromatic nitrogens is 1. The molecule has 0 bridgehead atoms. The molecule has 1 fully saturated rings. The van der Waals surface area contributed by atoms with E-state index in [0.29, 0.717) is 19.0 Å². The molecule has 0 aliphatic carbocycles. The van der Waals surface area contributed by atoms with Crippen molar-refractivity contribution in [2.75, 3.05) is 23.8 Å². The lowest BCUT2D eigenvalue weighted by Gasteiger charge is -2.21. The second-order valence-corrected chi connectivity index (χ2v) is 6.59. The minimum absolute atomic E-state index is 0.0203. The smallest absolute Gasteiger partial charge is 0.228 e. The van der Waals surface area contributed by atoms with Crippen LogP contribution in [0.2, 0.25) is 0 Å². The van der Waals surface area contributed by atoms with Crippen molar-refractivity contribution in [3.8, 4) is 0 Å². The maximum absolute atomic E-state index is 12.3. The van der Waals surface area contributed by atoms with Gasteiger partial charge in [0.2, 0.25) is 5.91 Å². The second-order valence-electron chi connectivity index (χ2n) is 6.59. The molecule has 2 heterocycles. The molecule has 0 atom stereocenters. The Bertz CT molecular complexity index is 715. The van der Waals surface area contributed by atoms with Crippen LogP contribution in [0.4, 0.5) is 17.2 Å². The summed E-state index contributed by atoms with van der Waals surface area (Å²) in [6.07, 6.45) is 5.27. The highest BCUT2D eigenvalue weighted by molar-refractivity contribution is 5.91. The summed E-state index contributed by atoms with van der Waals surface area (Å²) in [5, 5.41) is 6.41. The van der Waals surface area contributed by atoms with Crippen LogP contribution in [0.25, 0.3) is 0 Å². The highest BCUT2D eigenvalue weighted by Crippen LogP contribution is 2.26. The van der Waals surface area contributed by atoms with Crippen molar-refractivity contribution in [1.82, 2.24) is 4.98 Å². The zero-order valence-electron chi connectivity index (χ0n) is 15.5. The number of aryl methyl sites for hydroxylation is 2. The van der Waals surface area contributed by atoms with Crippen LogP contribution in [-0.4, -0.2) is 24.1 Å². The number of amides is 1. The first kappa shape index (κ1) is 18.4. The predicted octanol–water partition coefficient (Wildman–Crippen LogP) is 4.32. The zero-order valence-corrected chi connectivity index (χ0v) is 15.5. The molecule has 0 unspecified atom stereocenters. The van der Waals surface area contributed by atoms with Gasteiger partial charge in [0.15, 0.2) is 0 Å². The number of hydrogen-bond donors (Lipinski definition) is 2. The Labute approximate surface area is 155 Å². The van der Waals surface area contributed by atoms with Crippen LogP contribution in [-0.2, 0) is 22.4 Å². The van der Waals surface area contributed by atoms with Crippen molar-refractivity contribution in [3.05, 3.63) is 47.7 Å². The van der Waals surface area contributed by atoms with Crippen LogP contribution >= 0.6 is 0 Å². The third kappa shape index (κ3) is 4.41. The molecule has 5 nitrogen and oxygen atoms in total. The summed E-state index contributed by atoms with van der Waals surface area (Å²) in [7, 11) is 0. The third-order valence-corrected chi connectivity index (χ3v) is 4.88. The molecule has 0 radical (unpaired) electrons. The highest BCUT2D eigenvalue weighted by atomic mass is 16.5. The fourth-order valence-corrected chi connectivity index (χ4v) is 3.28. The van der Waals surface area contributed by atoms with Gasteiger partial charge in [0.25, 0.3) is 0 Å². The average molecular weight is 353 g/mol. The van der Waals surface area contributed by atoms with Crippen molar-refractivity contribution in [3.63, 3.8) is 0 Å². The van der Waals surface area contributed by atoms with Crippen molar-refractivity contribution < 1.29 is 9.53 Å². The van der Waals surface area contributed by atoms with E-state index in [-0.39, 0.29) is 11.8 Å². The number of carbonyl (C=O) groups excluding carboxylic acids is 1. The van der Waals surface area contributed by atoms with E-state index < -0.39 is 0 Å². The van der Waals surface area contributed by atoms with Crippen molar-refractivity contribution in [2.45, 2.75) is 39.5 Å². The summed E-state index contributed by atoms with van der Waals surface area (Å²) in [5.74, 6) is 0.643. The standard InChI is InChI=1S/C21H27N3O2/c1-3-15-6-5-7-16(4-2)20(15)23-18-8-9-19(22-14-18)24-21(25)17-10-12-26-13-11-17/h5-9,14,17,23H,3-4,10-13H2,1-2H3,(H,22,24,25). The number of nitrogens with zero attached hydrogens (tertiary/aromatic N) is 1. The largest absolute Gasteiger partial charge is 0.381 e. The van der Waals surface area contributed by atoms with E-state index in [1.807, 2.05) is 12.1 Å². The third-order valence-electron chi connectivity index (χ3n) is 4.88. The first-order valence-corrected chi connectivity index (χ1v) is 9.43. The summed E-state index contributed by atoms with van der Waals surface area (Å²) in [5.41, 5.74) is 4.67. The van der Waals surface area contributed by atoms with Crippen LogP contribution in [0.5, 0.6) is 0 Å². The van der Waals surface area contributed by atoms with E-state index in [0.717, 1.165) is 31.4 Å². The number of para-hydroxylation sites is 1. The van der Waals surface area contributed by atoms with E-state index in [1.165, 1.54) is 16.8 Å². The van der Waals surface area contributed by atoms with Gasteiger partial charge in [-0.2, -0.15) is 0 Å². The molecule has 0 saturated carbocycles. The van der Waals surface area contributed by atoms with Crippen LogP contribution in [0, 0.1) is 5.92 Å². The number of rotatable bonds is 6. The average Bonchev–Trinajstić information content (AvgIpc) is 2.70. The minimum Gasteiger partial charge on any atom is -0.381 e. The van der Waals surface area contributed by atoms with Gasteiger partial charge in [0, 0.05) is 24.8 Å². The maximum atomic E-state index is 12.3. The molecule has 3 rings (SSSR count). The number of benzene rings is 1. The van der Waals surface area contributed by atoms with Gasteiger partial charge in [-0.1, -0.05) is 32.0 Å². The summed E-state index contributed by atoms with van der Waals surface area (Å²) < 4.78 is 5.31. The molecule has 2 aromatic rings. The van der Waals surface area contributed by atoms with Gasteiger partial charge in [-0.3, -0.25) is 4.79 Å². The first-order valence-electron chi connectivity index (χ1n) is 9.43. The number of ether oxygens (including phenoxy) is 1. The molecular weight excluding hydrogens is 326 g/mol. The van der Waals surface area contributed by atoms with E-state index in [2.05, 4.69) is 47.7 Å². The number of carbonyl (C=O) groups is 1. The molecule has 138 valence electrons. The van der Waals surface area contributed by atoms with Crippen LogP contribution < -0.4 is 10.6 Å². The molecule has 0 spiro atoms. The Hall–Kier alpha value is -2.40. The minimum atomic E-state index is 0.0203. The van der Waals surface area contributed by atoms with E-state index in [4.69, 9.17) is 4.74 Å². The summed E-state index contributed by atoms with van der Waals surface area (Å²) in [6, 6.07) is 10.2. The van der Waals surface area contributed by atoms with E-state index >= 15 is 0 Å². The zero-order chi connectivity index (χ0) is 18.4. The fraction of sp³-hybridized carbons (Fsp3) is 0.429. The Kier molecular flexibility index (Phi) is 6.23. The molecule has 26 heavy (non-hydrogen) atoms. The molecule has 1 amide bonds. The number of anilines is 3. The Morgan fingerprint density at radius 1 is 1.12 bits per heavy atom. The lowest BCUT2D eigenvalue weighted by Crippen LogP contribution is -2.28. The molecule has 1 aliphatic heterocycles. The Balaban J connectivity index is 1.67. The van der Waals surface area contributed by atoms with Gasteiger partial charge >= 0.3 is 0 Å². The van der Waals surface area contributed by atoms with Crippen LogP contribution in [0.3, 0.4) is 0 Å². The van der Waals surface area contributed by atoms with E-state index in [9.17, 15) is 4.79 Å². The number of pyridine rings is 1. The highest BCUT2D eigenvalue weighted by Gasteiger charge is 2.21. The number of nitrogens with one attached hydrogen (secondary N) is 2. The lowest BCUT2D eigenvalue weighted by molar-refractivity contribution is -0.122. The van der Waals surface area contributed by atoms with Gasteiger partial charge in [0.05, 0.1) is 11.9 Å². The van der Waals surface area contributed by atoms with Gasteiger partial charge in [-0.25, -0.2) is 4.98 Å². The van der Waals surface area contributed by atoms with Gasteiger partial charge in [-0.05, 0) is 48.9 Å². The predicted molar refractivity (Wildman–Crippen MR) is 105 cm³/mol. The van der Waals surface area contributed by atoms with Crippen molar-refractivity contribution in [2.24, 2.45) is 5.92 Å². The SMILES string of the molecule is CCc1cccc(CC)c1Nc1ccc(NC(=O)C2CCOCC2)nc1. The summed E-state index contributed by atoms with van der Waals surface area (Å²) >= 11 is 0. The van der Waals surface area contributed by atoms with Crippen LogP contribution in [0.1, 0.15) is 37.8 Å². The molecule has 2 N–H and O–H groups in total. The Morgan fingerprint density at radius 2 is 1.81 bits per heavy atom. The molecule has 1 saturated heterocycles. The molecule has 5 heteroatoms. The molecule has 1 aromatic carbocycles. The molecule has 1 aliphatic rings. The normalized spacial score (nSPS) is 14.8. The van der Waals surface area contributed by atoms with Crippen molar-refractivity contribution >= 4 is 23.1 Å². The quantitative estimate of drug-likeness (QED) is 0.812. The first-order chi connectivity index (χ1) is 12.7. The lowest BCUT2D eigenvalue weighted by atomic mass is 9.99. The monoisotopic (exact) mass is 353 g/mol. The fourth-order valence-electron chi connectivity index (χ4n) is 3.28. The summed E-state index contributed by atoms with van der Waals surface area (Å²) in [4.78, 5) is 16.7. The Morgan fingerprint density at radius 3 is 2.38 bits per heavy atom. The van der Waals surface area contributed by atoms with Crippen molar-refractivity contribution in [1.29, 1.82) is 0 Å². The number of hydrogen-bond acceptors (Lipinski definition) is 4. The van der Waals surface area contributed by atoms with Crippen LogP contribution in [0.15, 0.2) is 36.5 Å². The van der Waals surface area contributed by atoms with Gasteiger partial charge in [0.1, 0.15) is 5.82 Å². The maximum Gasteiger partial charge on any atom is 0.228 e. The van der Waals surface area contributed by atoms with E-state index in [1.54, 1.807) is 6.20 Å². The molecule has 1 aromatic heterocycles. The molecular formula is C21H27N3O2. The van der Waals surface area contributed by atoms with Gasteiger partial charge in [-0.15, -0.1) is 0 Å². The topological polar surface area (TPSA) is 63.2 Å². The second kappa shape index (κ2) is 8.81. The van der Waals surface area contributed by atoms with Gasteiger partial charge < -0.3 is 15.4 Å².